The summed E-state index contributed by atoms with van der Waals surface area (Å²) in [5, 5.41) is 0. The van der Waals surface area contributed by atoms with Crippen molar-refractivity contribution in [2.24, 2.45) is 0 Å². The summed E-state index contributed by atoms with van der Waals surface area (Å²) >= 11 is 0. The Kier molecular flexibility index (Phi) is 3.69. The molecule has 100 valence electrons. The molecule has 19 heavy (non-hydrogen) atoms. The molecule has 0 amide bonds. The van der Waals surface area contributed by atoms with Crippen molar-refractivity contribution in [1.29, 1.82) is 0 Å². The van der Waals surface area contributed by atoms with E-state index in [0.717, 1.165) is 6.54 Å². The molecule has 2 nitrogen and oxygen atoms in total. The zero-order chi connectivity index (χ0) is 13.1. The van der Waals surface area contributed by atoms with E-state index in [4.69, 9.17) is 0 Å². The first-order chi connectivity index (χ1) is 9.33. The normalized spacial score (nSPS) is 16.7. The van der Waals surface area contributed by atoms with Gasteiger partial charge in [0.2, 0.25) is 0 Å². The van der Waals surface area contributed by atoms with Crippen LogP contribution in [0.3, 0.4) is 0 Å². The summed E-state index contributed by atoms with van der Waals surface area (Å²) in [5.41, 5.74) is 3.99. The number of aromatic nitrogens is 1. The summed E-state index contributed by atoms with van der Waals surface area (Å²) in [6.45, 7) is 5.72. The quantitative estimate of drug-likeness (QED) is 0.809. The molecule has 2 aromatic rings. The van der Waals surface area contributed by atoms with Crippen LogP contribution in [0.15, 0.2) is 42.6 Å². The van der Waals surface area contributed by atoms with E-state index in [0.29, 0.717) is 0 Å². The molecule has 0 spiro atoms. The predicted molar refractivity (Wildman–Crippen MR) is 79.6 cm³/mol. The molecule has 0 bridgehead atoms. The standard InChI is InChI=1S/C17H22N2/c1-15-7-5-8-16(13-15)19-12-6-9-17(19)14-18-10-3-2-4-11-18/h5-9,12-13H,2-4,10-11,14H2,1H3. The molecule has 0 saturated carbocycles. The van der Waals surface area contributed by atoms with Crippen molar-refractivity contribution < 1.29 is 0 Å². The van der Waals surface area contributed by atoms with Crippen LogP contribution in [0.5, 0.6) is 0 Å². The monoisotopic (exact) mass is 254 g/mol. The van der Waals surface area contributed by atoms with Crippen LogP contribution in [0.25, 0.3) is 5.69 Å². The van der Waals surface area contributed by atoms with Crippen LogP contribution in [0.1, 0.15) is 30.5 Å². The molecule has 1 aromatic heterocycles. The first-order valence-electron chi connectivity index (χ1n) is 7.28. The van der Waals surface area contributed by atoms with E-state index < -0.39 is 0 Å². The van der Waals surface area contributed by atoms with Crippen molar-refractivity contribution in [3.05, 3.63) is 53.9 Å². The molecule has 3 rings (SSSR count). The molecule has 2 heteroatoms. The number of hydrogen-bond donors (Lipinski definition) is 0. The van der Waals surface area contributed by atoms with Crippen LogP contribution in [0, 0.1) is 6.92 Å². The second-order valence-electron chi connectivity index (χ2n) is 5.55. The average Bonchev–Trinajstić information content (AvgIpc) is 2.88. The van der Waals surface area contributed by atoms with Crippen LogP contribution in [-0.4, -0.2) is 22.6 Å². The van der Waals surface area contributed by atoms with E-state index in [9.17, 15) is 0 Å². The maximum atomic E-state index is 2.57. The zero-order valence-corrected chi connectivity index (χ0v) is 11.7. The van der Waals surface area contributed by atoms with Crippen molar-refractivity contribution in [3.8, 4) is 5.69 Å². The molecule has 1 saturated heterocycles. The SMILES string of the molecule is Cc1cccc(-n2cccc2CN2CCCCC2)c1. The van der Waals surface area contributed by atoms with Crippen LogP contribution in [-0.2, 0) is 6.54 Å². The molecule has 2 heterocycles. The Morgan fingerprint density at radius 2 is 1.84 bits per heavy atom. The van der Waals surface area contributed by atoms with Crippen molar-refractivity contribution in [3.63, 3.8) is 0 Å². The minimum atomic E-state index is 1.07. The summed E-state index contributed by atoms with van der Waals surface area (Å²) in [6, 6.07) is 13.1. The third kappa shape index (κ3) is 2.90. The number of nitrogens with zero attached hydrogens (tertiary/aromatic N) is 2. The van der Waals surface area contributed by atoms with Crippen molar-refractivity contribution in [1.82, 2.24) is 9.47 Å². The molecule has 0 radical (unpaired) electrons. The van der Waals surface area contributed by atoms with Crippen LogP contribution in [0.4, 0.5) is 0 Å². The van der Waals surface area contributed by atoms with Gasteiger partial charge in [-0.2, -0.15) is 0 Å². The van der Waals surface area contributed by atoms with Gasteiger partial charge in [0.1, 0.15) is 0 Å². The molecule has 1 aliphatic rings. The van der Waals surface area contributed by atoms with Gasteiger partial charge >= 0.3 is 0 Å². The fraction of sp³-hybridized carbons (Fsp3) is 0.412. The lowest BCUT2D eigenvalue weighted by Gasteiger charge is -2.26. The van der Waals surface area contributed by atoms with Gasteiger partial charge in [-0.05, 0) is 62.7 Å². The van der Waals surface area contributed by atoms with Gasteiger partial charge in [0.25, 0.3) is 0 Å². The van der Waals surface area contributed by atoms with Gasteiger partial charge in [-0.1, -0.05) is 18.6 Å². The van der Waals surface area contributed by atoms with E-state index in [1.165, 1.54) is 49.3 Å². The Morgan fingerprint density at radius 3 is 2.63 bits per heavy atom. The van der Waals surface area contributed by atoms with Gasteiger partial charge in [-0.15, -0.1) is 0 Å². The number of aryl methyl sites for hydroxylation is 1. The Morgan fingerprint density at radius 1 is 1.00 bits per heavy atom. The number of benzene rings is 1. The summed E-state index contributed by atoms with van der Waals surface area (Å²) in [5.74, 6) is 0. The van der Waals surface area contributed by atoms with Gasteiger partial charge in [-0.3, -0.25) is 4.90 Å². The summed E-state index contributed by atoms with van der Waals surface area (Å²) in [6.07, 6.45) is 6.28. The van der Waals surface area contributed by atoms with Crippen LogP contribution >= 0.6 is 0 Å². The summed E-state index contributed by atoms with van der Waals surface area (Å²) in [4.78, 5) is 2.57. The Balaban J connectivity index is 1.81. The largest absolute Gasteiger partial charge is 0.320 e. The second-order valence-corrected chi connectivity index (χ2v) is 5.55. The van der Waals surface area contributed by atoms with E-state index >= 15 is 0 Å². The van der Waals surface area contributed by atoms with E-state index in [1.807, 2.05) is 0 Å². The molecular weight excluding hydrogens is 232 g/mol. The number of likely N-dealkylation sites (tertiary alicyclic amines) is 1. The van der Waals surface area contributed by atoms with E-state index in [-0.39, 0.29) is 0 Å². The van der Waals surface area contributed by atoms with Gasteiger partial charge < -0.3 is 4.57 Å². The topological polar surface area (TPSA) is 8.17 Å². The zero-order valence-electron chi connectivity index (χ0n) is 11.7. The summed E-state index contributed by atoms with van der Waals surface area (Å²) in [7, 11) is 0. The van der Waals surface area contributed by atoms with Gasteiger partial charge in [0.15, 0.2) is 0 Å². The molecule has 0 N–H and O–H groups in total. The third-order valence-electron chi connectivity index (χ3n) is 3.95. The first kappa shape index (κ1) is 12.5. The van der Waals surface area contributed by atoms with Crippen LogP contribution < -0.4 is 0 Å². The maximum Gasteiger partial charge on any atom is 0.0455 e. The van der Waals surface area contributed by atoms with Crippen LogP contribution in [0.2, 0.25) is 0 Å². The lowest BCUT2D eigenvalue weighted by Crippen LogP contribution is -2.29. The number of hydrogen-bond acceptors (Lipinski definition) is 1. The fourth-order valence-electron chi connectivity index (χ4n) is 2.92. The second kappa shape index (κ2) is 5.62. The minimum Gasteiger partial charge on any atom is -0.320 e. The Labute approximate surface area is 115 Å². The fourth-order valence-corrected chi connectivity index (χ4v) is 2.92. The van der Waals surface area contributed by atoms with Gasteiger partial charge in [0, 0.05) is 24.1 Å². The Bertz CT molecular complexity index is 536. The molecular formula is C17H22N2. The number of rotatable bonds is 3. The minimum absolute atomic E-state index is 1.07. The smallest absolute Gasteiger partial charge is 0.0455 e. The maximum absolute atomic E-state index is 2.57. The lowest BCUT2D eigenvalue weighted by molar-refractivity contribution is 0.217. The van der Waals surface area contributed by atoms with E-state index in [1.54, 1.807) is 0 Å². The number of piperidine rings is 1. The lowest BCUT2D eigenvalue weighted by atomic mass is 10.1. The molecule has 0 atom stereocenters. The van der Waals surface area contributed by atoms with Crippen molar-refractivity contribution >= 4 is 0 Å². The molecule has 0 aliphatic carbocycles. The highest BCUT2D eigenvalue weighted by Gasteiger charge is 2.12. The Hall–Kier alpha value is -1.54. The highest BCUT2D eigenvalue weighted by molar-refractivity contribution is 5.38. The third-order valence-corrected chi connectivity index (χ3v) is 3.95. The van der Waals surface area contributed by atoms with Gasteiger partial charge in [0.05, 0.1) is 0 Å². The highest BCUT2D eigenvalue weighted by Crippen LogP contribution is 2.18. The van der Waals surface area contributed by atoms with E-state index in [2.05, 4.69) is 59.0 Å². The average molecular weight is 254 g/mol. The highest BCUT2D eigenvalue weighted by atomic mass is 15.1. The molecule has 0 unspecified atom stereocenters. The van der Waals surface area contributed by atoms with Gasteiger partial charge in [-0.25, -0.2) is 0 Å². The predicted octanol–water partition coefficient (Wildman–Crippen LogP) is 3.77. The molecule has 1 fully saturated rings. The molecule has 1 aliphatic heterocycles. The van der Waals surface area contributed by atoms with Crippen molar-refractivity contribution in [2.45, 2.75) is 32.7 Å². The van der Waals surface area contributed by atoms with Crippen molar-refractivity contribution in [2.75, 3.05) is 13.1 Å². The molecule has 1 aromatic carbocycles. The summed E-state index contributed by atoms with van der Waals surface area (Å²) < 4.78 is 2.32. The first-order valence-corrected chi connectivity index (χ1v) is 7.28.